The minimum Gasteiger partial charge on any atom is -0.497 e. The number of carbonyl (C=O) groups excluding carboxylic acids is 2. The van der Waals surface area contributed by atoms with Gasteiger partial charge in [-0.2, -0.15) is 0 Å². The number of unbranched alkanes of at least 4 members (excludes halogenated alkanes) is 8. The maximum atomic E-state index is 12.4. The second-order valence-corrected chi connectivity index (χ2v) is 8.22. The molecule has 0 saturated carbocycles. The molecule has 0 N–H and O–H groups in total. The molecule has 0 aliphatic carbocycles. The van der Waals surface area contributed by atoms with Gasteiger partial charge in [-0.3, -0.25) is 9.59 Å². The molecular weight excluding hydrogens is 392 g/mol. The molecule has 1 rings (SSSR count). The molecule has 0 spiro atoms. The number of hydrogen-bond acceptors (Lipinski definition) is 5. The Kier molecular flexibility index (Phi) is 15.3. The molecule has 0 bridgehead atoms. The molecule has 1 aromatic rings. The monoisotopic (exact) mass is 434 g/mol. The van der Waals surface area contributed by atoms with Crippen molar-refractivity contribution in [3.8, 4) is 5.75 Å². The molecule has 0 aliphatic rings. The van der Waals surface area contributed by atoms with E-state index in [9.17, 15) is 9.59 Å². The van der Waals surface area contributed by atoms with E-state index >= 15 is 0 Å². The van der Waals surface area contributed by atoms with E-state index in [2.05, 4.69) is 11.7 Å². The van der Waals surface area contributed by atoms with Crippen molar-refractivity contribution in [1.82, 2.24) is 0 Å². The number of carbonyl (C=O) groups is 2. The molecular formula is C26H42O5. The van der Waals surface area contributed by atoms with Crippen LogP contribution < -0.4 is 4.74 Å². The largest absolute Gasteiger partial charge is 0.497 e. The van der Waals surface area contributed by atoms with Crippen molar-refractivity contribution >= 4 is 11.9 Å². The SMILES string of the molecule is CCCCC[C@H](CCCCCCCCCC(=O)OC)OC(=O)Cc1ccc(OC)cc1. The maximum Gasteiger partial charge on any atom is 0.310 e. The highest BCUT2D eigenvalue weighted by Crippen LogP contribution is 2.18. The van der Waals surface area contributed by atoms with Crippen LogP contribution in [0.2, 0.25) is 0 Å². The van der Waals surface area contributed by atoms with E-state index in [-0.39, 0.29) is 18.0 Å². The molecule has 5 nitrogen and oxygen atoms in total. The van der Waals surface area contributed by atoms with Crippen molar-refractivity contribution in [3.05, 3.63) is 29.8 Å². The molecule has 0 heterocycles. The highest BCUT2D eigenvalue weighted by molar-refractivity contribution is 5.72. The quantitative estimate of drug-likeness (QED) is 0.197. The Morgan fingerprint density at radius 1 is 0.774 bits per heavy atom. The fourth-order valence-electron chi connectivity index (χ4n) is 3.65. The Morgan fingerprint density at radius 3 is 1.94 bits per heavy atom. The zero-order valence-corrected chi connectivity index (χ0v) is 19.8. The molecule has 0 amide bonds. The zero-order chi connectivity index (χ0) is 22.7. The normalized spacial score (nSPS) is 11.7. The van der Waals surface area contributed by atoms with Gasteiger partial charge < -0.3 is 14.2 Å². The van der Waals surface area contributed by atoms with Crippen molar-refractivity contribution < 1.29 is 23.8 Å². The lowest BCUT2D eigenvalue weighted by molar-refractivity contribution is -0.149. The molecule has 0 aliphatic heterocycles. The van der Waals surface area contributed by atoms with Crippen molar-refractivity contribution in [2.24, 2.45) is 0 Å². The summed E-state index contributed by atoms with van der Waals surface area (Å²) in [6.07, 6.45) is 14.0. The summed E-state index contributed by atoms with van der Waals surface area (Å²) in [6.45, 7) is 2.19. The van der Waals surface area contributed by atoms with Crippen LogP contribution in [-0.2, 0) is 25.5 Å². The lowest BCUT2D eigenvalue weighted by Gasteiger charge is -2.18. The molecule has 1 aromatic carbocycles. The zero-order valence-electron chi connectivity index (χ0n) is 19.8. The molecule has 0 unspecified atom stereocenters. The molecule has 0 aromatic heterocycles. The number of hydrogen-bond donors (Lipinski definition) is 0. The van der Waals surface area contributed by atoms with Gasteiger partial charge in [-0.25, -0.2) is 0 Å². The van der Waals surface area contributed by atoms with E-state index in [0.717, 1.165) is 62.7 Å². The third kappa shape index (κ3) is 13.8. The smallest absolute Gasteiger partial charge is 0.310 e. The number of benzene rings is 1. The Bertz CT molecular complexity index is 596. The molecule has 5 heteroatoms. The van der Waals surface area contributed by atoms with E-state index < -0.39 is 0 Å². The fourth-order valence-corrected chi connectivity index (χ4v) is 3.65. The molecule has 31 heavy (non-hydrogen) atoms. The second kappa shape index (κ2) is 17.6. The number of rotatable bonds is 18. The van der Waals surface area contributed by atoms with Crippen LogP contribution in [0.1, 0.15) is 96.0 Å². The van der Waals surface area contributed by atoms with Crippen molar-refractivity contribution in [2.45, 2.75) is 103 Å². The average Bonchev–Trinajstić information content (AvgIpc) is 2.78. The lowest BCUT2D eigenvalue weighted by atomic mass is 10.0. The van der Waals surface area contributed by atoms with Crippen LogP contribution in [0, 0.1) is 0 Å². The van der Waals surface area contributed by atoms with Crippen LogP contribution in [0.15, 0.2) is 24.3 Å². The molecule has 0 saturated heterocycles. The second-order valence-electron chi connectivity index (χ2n) is 8.22. The average molecular weight is 435 g/mol. The van der Waals surface area contributed by atoms with E-state index in [1.165, 1.54) is 32.8 Å². The summed E-state index contributed by atoms with van der Waals surface area (Å²) in [7, 11) is 3.07. The van der Waals surface area contributed by atoms with Gasteiger partial charge in [0.2, 0.25) is 0 Å². The van der Waals surface area contributed by atoms with Gasteiger partial charge in [0.1, 0.15) is 11.9 Å². The van der Waals surface area contributed by atoms with E-state index in [0.29, 0.717) is 12.8 Å². The van der Waals surface area contributed by atoms with E-state index in [4.69, 9.17) is 9.47 Å². The van der Waals surface area contributed by atoms with E-state index in [1.54, 1.807) is 7.11 Å². The minimum atomic E-state index is -0.141. The van der Waals surface area contributed by atoms with Crippen LogP contribution in [0.25, 0.3) is 0 Å². The van der Waals surface area contributed by atoms with Crippen LogP contribution in [-0.4, -0.2) is 32.3 Å². The van der Waals surface area contributed by atoms with Crippen LogP contribution in [0.5, 0.6) is 5.75 Å². The first-order valence-electron chi connectivity index (χ1n) is 12.0. The Labute approximate surface area is 188 Å². The maximum absolute atomic E-state index is 12.4. The fraction of sp³-hybridized carbons (Fsp3) is 0.692. The highest BCUT2D eigenvalue weighted by Gasteiger charge is 2.15. The first-order chi connectivity index (χ1) is 15.1. The predicted octanol–water partition coefficient (Wildman–Crippen LogP) is 6.41. The van der Waals surface area contributed by atoms with Gasteiger partial charge in [-0.1, -0.05) is 64.0 Å². The topological polar surface area (TPSA) is 61.8 Å². The summed E-state index contributed by atoms with van der Waals surface area (Å²) in [5.74, 6) is 0.533. The predicted molar refractivity (Wildman–Crippen MR) is 124 cm³/mol. The third-order valence-electron chi connectivity index (χ3n) is 5.57. The Hall–Kier alpha value is -2.04. The van der Waals surface area contributed by atoms with Gasteiger partial charge in [-0.15, -0.1) is 0 Å². The number of ether oxygens (including phenoxy) is 3. The van der Waals surface area contributed by atoms with Crippen molar-refractivity contribution in [1.29, 1.82) is 0 Å². The van der Waals surface area contributed by atoms with Gasteiger partial charge in [-0.05, 0) is 49.8 Å². The van der Waals surface area contributed by atoms with Crippen molar-refractivity contribution in [2.75, 3.05) is 14.2 Å². The Balaban J connectivity index is 2.26. The summed E-state index contributed by atoms with van der Waals surface area (Å²) in [6, 6.07) is 7.57. The number of methoxy groups -OCH3 is 2. The van der Waals surface area contributed by atoms with Crippen LogP contribution in [0.4, 0.5) is 0 Å². The summed E-state index contributed by atoms with van der Waals surface area (Å²) in [4.78, 5) is 23.5. The van der Waals surface area contributed by atoms with Gasteiger partial charge in [0, 0.05) is 6.42 Å². The van der Waals surface area contributed by atoms with E-state index in [1.807, 2.05) is 24.3 Å². The highest BCUT2D eigenvalue weighted by atomic mass is 16.5. The van der Waals surface area contributed by atoms with Crippen molar-refractivity contribution in [3.63, 3.8) is 0 Å². The van der Waals surface area contributed by atoms with Gasteiger partial charge in [0.05, 0.1) is 20.6 Å². The number of esters is 2. The summed E-state index contributed by atoms with van der Waals surface area (Å²) >= 11 is 0. The molecule has 1 atom stereocenters. The summed E-state index contributed by atoms with van der Waals surface area (Å²) in [5.41, 5.74) is 0.949. The molecule has 0 radical (unpaired) electrons. The summed E-state index contributed by atoms with van der Waals surface area (Å²) in [5, 5.41) is 0. The first kappa shape index (κ1) is 27.0. The van der Waals surface area contributed by atoms with Gasteiger partial charge in [0.15, 0.2) is 0 Å². The first-order valence-corrected chi connectivity index (χ1v) is 12.0. The Morgan fingerprint density at radius 2 is 1.35 bits per heavy atom. The van der Waals surface area contributed by atoms with Gasteiger partial charge in [0.25, 0.3) is 0 Å². The lowest BCUT2D eigenvalue weighted by Crippen LogP contribution is -2.20. The third-order valence-corrected chi connectivity index (χ3v) is 5.57. The molecule has 176 valence electrons. The van der Waals surface area contributed by atoms with Crippen LogP contribution in [0.3, 0.4) is 0 Å². The van der Waals surface area contributed by atoms with Crippen LogP contribution >= 0.6 is 0 Å². The van der Waals surface area contributed by atoms with Gasteiger partial charge >= 0.3 is 11.9 Å². The molecule has 0 fully saturated rings. The minimum absolute atomic E-state index is 0.0253. The standard InChI is InChI=1S/C26H42O5/c1-4-5-11-14-24(15-12-9-7-6-8-10-13-16-25(27)30-3)31-26(28)21-22-17-19-23(29-2)20-18-22/h17-20,24H,4-16,21H2,1-3H3/t24-/m1/s1. The summed E-state index contributed by atoms with van der Waals surface area (Å²) < 4.78 is 15.7.